The van der Waals surface area contributed by atoms with Crippen molar-refractivity contribution in [3.63, 3.8) is 0 Å². The number of hydrogen-bond donors (Lipinski definition) is 1. The lowest BCUT2D eigenvalue weighted by Crippen LogP contribution is -2.32. The van der Waals surface area contributed by atoms with Crippen molar-refractivity contribution < 1.29 is 9.32 Å². The summed E-state index contributed by atoms with van der Waals surface area (Å²) in [6.45, 7) is 4.25. The third-order valence-electron chi connectivity index (χ3n) is 3.74. The summed E-state index contributed by atoms with van der Waals surface area (Å²) in [5.41, 5.74) is 0.409. The highest BCUT2D eigenvalue weighted by atomic mass is 35.5. The Balaban J connectivity index is 2.04. The van der Waals surface area contributed by atoms with E-state index in [0.29, 0.717) is 22.8 Å². The zero-order valence-electron chi connectivity index (χ0n) is 13.1. The number of rotatable bonds is 4. The molecule has 1 atom stereocenters. The van der Waals surface area contributed by atoms with Gasteiger partial charge in [-0.15, -0.1) is 0 Å². The largest absolute Gasteiger partial charge is 0.347 e. The van der Waals surface area contributed by atoms with Crippen LogP contribution in [0.15, 0.2) is 40.1 Å². The highest BCUT2D eigenvalue weighted by Gasteiger charge is 2.19. The van der Waals surface area contributed by atoms with E-state index in [1.54, 1.807) is 31.3 Å². The highest BCUT2D eigenvalue weighted by Crippen LogP contribution is 2.18. The first-order valence-electron chi connectivity index (χ1n) is 7.41. The van der Waals surface area contributed by atoms with E-state index < -0.39 is 11.9 Å². The normalized spacial score (nSPS) is 12.3. The van der Waals surface area contributed by atoms with Gasteiger partial charge < -0.3 is 14.4 Å². The predicted molar refractivity (Wildman–Crippen MR) is 89.1 cm³/mol. The molecule has 3 rings (SSSR count). The van der Waals surface area contributed by atoms with Crippen LogP contribution in [0.3, 0.4) is 0 Å². The summed E-state index contributed by atoms with van der Waals surface area (Å²) in [5.74, 6) is -0.163. The van der Waals surface area contributed by atoms with Gasteiger partial charge in [0.25, 0.3) is 5.91 Å². The molecule has 1 amide bonds. The van der Waals surface area contributed by atoms with Gasteiger partial charge in [0, 0.05) is 23.2 Å². The van der Waals surface area contributed by atoms with E-state index >= 15 is 0 Å². The van der Waals surface area contributed by atoms with Crippen LogP contribution in [0.1, 0.15) is 36.1 Å². The molecule has 3 aromatic rings. The molecule has 0 spiro atoms. The fraction of sp³-hybridized carbons (Fsp3) is 0.250. The van der Waals surface area contributed by atoms with Gasteiger partial charge in [-0.3, -0.25) is 9.59 Å². The van der Waals surface area contributed by atoms with Crippen molar-refractivity contribution >= 4 is 28.4 Å². The number of pyridine rings is 1. The Morgan fingerprint density at radius 1 is 1.46 bits per heavy atom. The number of hydrogen-bond acceptors (Lipinski definition) is 5. The number of benzene rings is 1. The van der Waals surface area contributed by atoms with Crippen molar-refractivity contribution in [1.29, 1.82) is 0 Å². The molecule has 0 bridgehead atoms. The second-order valence-corrected chi connectivity index (χ2v) is 5.74. The molecule has 0 aliphatic rings. The zero-order valence-corrected chi connectivity index (χ0v) is 13.9. The van der Waals surface area contributed by atoms with Gasteiger partial charge in [-0.2, -0.15) is 4.98 Å². The molecule has 0 unspecified atom stereocenters. The van der Waals surface area contributed by atoms with Crippen LogP contribution in [-0.2, 0) is 6.54 Å². The minimum Gasteiger partial charge on any atom is -0.347 e. The molecule has 1 N–H and O–H groups in total. The van der Waals surface area contributed by atoms with Gasteiger partial charge in [-0.25, -0.2) is 0 Å². The average Bonchev–Trinajstić information content (AvgIpc) is 3.10. The molecule has 0 fully saturated rings. The van der Waals surface area contributed by atoms with Crippen LogP contribution < -0.4 is 10.7 Å². The summed E-state index contributed by atoms with van der Waals surface area (Å²) >= 11 is 5.99. The Bertz CT molecular complexity index is 950. The molecule has 0 saturated heterocycles. The summed E-state index contributed by atoms with van der Waals surface area (Å²) in [4.78, 5) is 29.1. The van der Waals surface area contributed by atoms with E-state index in [1.807, 2.05) is 11.5 Å². The molecule has 2 aromatic heterocycles. The van der Waals surface area contributed by atoms with Crippen LogP contribution in [0.4, 0.5) is 0 Å². The van der Waals surface area contributed by atoms with Gasteiger partial charge in [0.15, 0.2) is 5.82 Å². The van der Waals surface area contributed by atoms with Gasteiger partial charge in [0.05, 0.1) is 11.6 Å². The van der Waals surface area contributed by atoms with E-state index in [9.17, 15) is 9.59 Å². The van der Waals surface area contributed by atoms with E-state index in [-0.39, 0.29) is 11.0 Å². The quantitative estimate of drug-likeness (QED) is 0.784. The van der Waals surface area contributed by atoms with E-state index in [4.69, 9.17) is 11.6 Å². The number of amides is 1. The molecule has 124 valence electrons. The average molecular weight is 347 g/mol. The highest BCUT2D eigenvalue weighted by molar-refractivity contribution is 6.31. The predicted octanol–water partition coefficient (Wildman–Crippen LogP) is 2.55. The van der Waals surface area contributed by atoms with Crippen LogP contribution >= 0.6 is 11.6 Å². The summed E-state index contributed by atoms with van der Waals surface area (Å²) in [7, 11) is 0. The first-order chi connectivity index (χ1) is 11.5. The second-order valence-electron chi connectivity index (χ2n) is 5.30. The van der Waals surface area contributed by atoms with Crippen LogP contribution in [-0.4, -0.2) is 20.6 Å². The molecule has 24 heavy (non-hydrogen) atoms. The number of carbonyl (C=O) groups is 1. The Morgan fingerprint density at radius 3 is 2.92 bits per heavy atom. The summed E-state index contributed by atoms with van der Waals surface area (Å²) in [6.07, 6.45) is 2.73. The number of halogens is 1. The number of fused-ring (bicyclic) bond motifs is 1. The van der Waals surface area contributed by atoms with Crippen LogP contribution in [0, 0.1) is 0 Å². The number of carbonyl (C=O) groups excluding carboxylic acids is 1. The molecule has 2 heterocycles. The first-order valence-corrected chi connectivity index (χ1v) is 7.79. The maximum Gasteiger partial charge on any atom is 0.257 e. The van der Waals surface area contributed by atoms with Crippen molar-refractivity contribution in [2.24, 2.45) is 0 Å². The van der Waals surface area contributed by atoms with Crippen LogP contribution in [0.5, 0.6) is 0 Å². The van der Waals surface area contributed by atoms with Gasteiger partial charge in [-0.1, -0.05) is 16.8 Å². The van der Waals surface area contributed by atoms with Gasteiger partial charge in [0.1, 0.15) is 5.56 Å². The molecule has 0 radical (unpaired) electrons. The maximum absolute atomic E-state index is 12.7. The molecule has 1 aromatic carbocycles. The van der Waals surface area contributed by atoms with Crippen LogP contribution in [0.25, 0.3) is 10.9 Å². The fourth-order valence-corrected chi connectivity index (χ4v) is 2.67. The summed E-state index contributed by atoms with van der Waals surface area (Å²) in [6, 6.07) is 4.57. The molecular weight excluding hydrogens is 332 g/mol. The van der Waals surface area contributed by atoms with E-state index in [1.165, 1.54) is 6.39 Å². The molecule has 0 saturated carbocycles. The monoisotopic (exact) mass is 346 g/mol. The fourth-order valence-electron chi connectivity index (χ4n) is 2.50. The van der Waals surface area contributed by atoms with Crippen LogP contribution in [0.2, 0.25) is 5.02 Å². The van der Waals surface area contributed by atoms with Gasteiger partial charge in [0.2, 0.25) is 11.8 Å². The minimum atomic E-state index is -0.499. The molecule has 0 aliphatic carbocycles. The SMILES string of the molecule is CCn1cc(C(=O)N[C@@H](C)c2ncon2)c(=O)c2cc(Cl)ccc21. The number of aryl methyl sites for hydroxylation is 1. The number of nitrogens with zero attached hydrogens (tertiary/aromatic N) is 3. The summed E-state index contributed by atoms with van der Waals surface area (Å²) < 4.78 is 6.50. The lowest BCUT2D eigenvalue weighted by Gasteiger charge is -2.13. The molecule has 8 heteroatoms. The maximum atomic E-state index is 12.7. The van der Waals surface area contributed by atoms with Crippen molar-refractivity contribution in [2.45, 2.75) is 26.4 Å². The van der Waals surface area contributed by atoms with Gasteiger partial charge in [-0.05, 0) is 32.0 Å². The third-order valence-corrected chi connectivity index (χ3v) is 3.98. The van der Waals surface area contributed by atoms with Gasteiger partial charge >= 0.3 is 0 Å². The number of nitrogens with one attached hydrogen (secondary N) is 1. The van der Waals surface area contributed by atoms with Crippen molar-refractivity contribution in [3.8, 4) is 0 Å². The summed E-state index contributed by atoms with van der Waals surface area (Å²) in [5, 5.41) is 7.23. The first kappa shape index (κ1) is 16.2. The van der Waals surface area contributed by atoms with Crippen molar-refractivity contribution in [1.82, 2.24) is 20.0 Å². The Kier molecular flexibility index (Phi) is 4.35. The standard InChI is InChI=1S/C16H15ClN4O3/c1-3-21-7-12(14(22)11-6-10(17)4-5-13(11)21)16(23)19-9(2)15-18-8-24-20-15/h4-9H,3H2,1-2H3,(H,19,23)/t9-/m0/s1. The van der Waals surface area contributed by atoms with Crippen molar-refractivity contribution in [3.05, 3.63) is 57.4 Å². The Morgan fingerprint density at radius 2 is 2.25 bits per heavy atom. The molecule has 0 aliphatic heterocycles. The topological polar surface area (TPSA) is 90.0 Å². The second kappa shape index (κ2) is 6.45. The lowest BCUT2D eigenvalue weighted by molar-refractivity contribution is 0.0936. The Labute approximate surface area is 142 Å². The zero-order chi connectivity index (χ0) is 17.3. The molecule has 7 nitrogen and oxygen atoms in total. The van der Waals surface area contributed by atoms with E-state index in [2.05, 4.69) is 20.0 Å². The lowest BCUT2D eigenvalue weighted by atomic mass is 10.1. The van der Waals surface area contributed by atoms with Crippen molar-refractivity contribution in [2.75, 3.05) is 0 Å². The minimum absolute atomic E-state index is 0.0435. The van der Waals surface area contributed by atoms with E-state index in [0.717, 1.165) is 5.52 Å². The smallest absolute Gasteiger partial charge is 0.257 e. The third kappa shape index (κ3) is 2.90. The number of aromatic nitrogens is 3. The molecular formula is C16H15ClN4O3. The Hall–Kier alpha value is -2.67.